The third kappa shape index (κ3) is 3.64. The molecule has 1 saturated heterocycles. The van der Waals surface area contributed by atoms with Gasteiger partial charge in [0.15, 0.2) is 6.29 Å². The fourth-order valence-corrected chi connectivity index (χ4v) is 1.88. The number of hydrogen-bond donors (Lipinski definition) is 2. The maximum Gasteiger partial charge on any atom is 0.277 e. The zero-order valence-corrected chi connectivity index (χ0v) is 10.9. The fourth-order valence-electron chi connectivity index (χ4n) is 1.88. The topological polar surface area (TPSA) is 109 Å². The number of ether oxygens (including phenoxy) is 3. The molecule has 8 heteroatoms. The highest BCUT2D eigenvalue weighted by Gasteiger charge is 2.27. The van der Waals surface area contributed by atoms with E-state index >= 15 is 0 Å². The van der Waals surface area contributed by atoms with Crippen LogP contribution in [0.25, 0.3) is 0 Å². The van der Waals surface area contributed by atoms with Gasteiger partial charge in [-0.1, -0.05) is 0 Å². The molecule has 0 atom stereocenters. The first-order chi connectivity index (χ1) is 9.72. The molecule has 3 N–H and O–H groups in total. The molecule has 0 aromatic heterocycles. The van der Waals surface area contributed by atoms with Crippen molar-refractivity contribution in [2.45, 2.75) is 12.7 Å². The number of nitrogens with two attached hydrogens (primary N) is 1. The Morgan fingerprint density at radius 2 is 2.20 bits per heavy atom. The lowest BCUT2D eigenvalue weighted by atomic mass is 10.1. The Morgan fingerprint density at radius 3 is 2.85 bits per heavy atom. The molecule has 1 fully saturated rings. The van der Waals surface area contributed by atoms with Gasteiger partial charge in [-0.05, 0) is 18.6 Å². The Balaban J connectivity index is 2.11. The fraction of sp³-hybridized carbons (Fsp3) is 0.500. The van der Waals surface area contributed by atoms with Gasteiger partial charge < -0.3 is 14.2 Å². The van der Waals surface area contributed by atoms with Crippen LogP contribution in [0.1, 0.15) is 18.3 Å². The zero-order valence-electron chi connectivity index (χ0n) is 10.9. The van der Waals surface area contributed by atoms with Gasteiger partial charge in [-0.2, -0.15) is 0 Å². The second kappa shape index (κ2) is 7.15. The van der Waals surface area contributed by atoms with Gasteiger partial charge in [-0.3, -0.25) is 21.4 Å². The van der Waals surface area contributed by atoms with Crippen molar-refractivity contribution in [3.8, 4) is 5.75 Å². The monoisotopic (exact) mass is 283 g/mol. The molecule has 1 aliphatic rings. The van der Waals surface area contributed by atoms with Crippen LogP contribution in [-0.2, 0) is 9.47 Å². The van der Waals surface area contributed by atoms with Crippen molar-refractivity contribution in [3.05, 3.63) is 33.9 Å². The van der Waals surface area contributed by atoms with E-state index in [2.05, 4.69) is 5.43 Å². The summed E-state index contributed by atoms with van der Waals surface area (Å²) < 4.78 is 16.2. The lowest BCUT2D eigenvalue weighted by Crippen LogP contribution is -2.24. The maximum absolute atomic E-state index is 11.0. The van der Waals surface area contributed by atoms with Crippen molar-refractivity contribution < 1.29 is 19.1 Å². The summed E-state index contributed by atoms with van der Waals surface area (Å²) in [6.07, 6.45) is 0.0313. The number of nitro groups is 1. The van der Waals surface area contributed by atoms with Crippen LogP contribution < -0.4 is 16.0 Å². The lowest BCUT2D eigenvalue weighted by molar-refractivity contribution is -0.386. The van der Waals surface area contributed by atoms with Crippen molar-refractivity contribution in [3.63, 3.8) is 0 Å². The molecule has 20 heavy (non-hydrogen) atoms. The van der Waals surface area contributed by atoms with Gasteiger partial charge >= 0.3 is 0 Å². The van der Waals surface area contributed by atoms with Crippen LogP contribution in [-0.4, -0.2) is 31.3 Å². The van der Waals surface area contributed by atoms with Crippen LogP contribution in [0.5, 0.6) is 5.75 Å². The van der Waals surface area contributed by atoms with Crippen molar-refractivity contribution in [2.24, 2.45) is 5.84 Å². The number of nitrogens with zero attached hydrogens (tertiary/aromatic N) is 1. The number of hydrazine groups is 1. The molecule has 0 radical (unpaired) electrons. The summed E-state index contributed by atoms with van der Waals surface area (Å²) in [5.41, 5.74) is 2.87. The van der Waals surface area contributed by atoms with Crippen LogP contribution >= 0.6 is 0 Å². The number of benzene rings is 1. The predicted octanol–water partition coefficient (Wildman–Crippen LogP) is 0.872. The van der Waals surface area contributed by atoms with Gasteiger partial charge in [0.1, 0.15) is 5.75 Å². The number of nitrogens with one attached hydrogen (secondary N) is 1. The minimum absolute atomic E-state index is 0.0344. The quantitative estimate of drug-likeness (QED) is 0.331. The average Bonchev–Trinajstić information content (AvgIpc) is 2.97. The van der Waals surface area contributed by atoms with Crippen LogP contribution in [0.2, 0.25) is 0 Å². The standard InChI is InChI=1S/C12H17N3O5/c13-14-4-1-5-18-9-2-3-11(15(16)17)10(8-9)12-19-6-7-20-12/h2-3,8,12,14H,1,4-7,13H2. The molecule has 1 aromatic rings. The van der Waals surface area contributed by atoms with E-state index in [1.54, 1.807) is 12.1 Å². The van der Waals surface area contributed by atoms with Gasteiger partial charge in [-0.15, -0.1) is 0 Å². The Hall–Kier alpha value is -1.74. The Morgan fingerprint density at radius 1 is 1.45 bits per heavy atom. The first-order valence-electron chi connectivity index (χ1n) is 6.30. The van der Waals surface area contributed by atoms with Gasteiger partial charge in [-0.25, -0.2) is 0 Å². The molecule has 0 bridgehead atoms. The SMILES string of the molecule is NNCCCOc1ccc([N+](=O)[O-])c(C2OCCO2)c1. The summed E-state index contributed by atoms with van der Waals surface area (Å²) in [7, 11) is 0. The second-order valence-corrected chi connectivity index (χ2v) is 4.21. The highest BCUT2D eigenvalue weighted by Crippen LogP contribution is 2.33. The van der Waals surface area contributed by atoms with E-state index in [1.165, 1.54) is 6.07 Å². The molecular formula is C12H17N3O5. The molecule has 1 aromatic carbocycles. The van der Waals surface area contributed by atoms with E-state index in [-0.39, 0.29) is 5.69 Å². The van der Waals surface area contributed by atoms with E-state index < -0.39 is 11.2 Å². The first-order valence-corrected chi connectivity index (χ1v) is 6.30. The minimum Gasteiger partial charge on any atom is -0.494 e. The lowest BCUT2D eigenvalue weighted by Gasteiger charge is -2.12. The third-order valence-corrected chi connectivity index (χ3v) is 2.81. The highest BCUT2D eigenvalue weighted by atomic mass is 16.7. The van der Waals surface area contributed by atoms with Crippen molar-refractivity contribution in [2.75, 3.05) is 26.4 Å². The average molecular weight is 283 g/mol. The number of hydrogen-bond acceptors (Lipinski definition) is 7. The zero-order chi connectivity index (χ0) is 14.4. The van der Waals surface area contributed by atoms with E-state index in [9.17, 15) is 10.1 Å². The van der Waals surface area contributed by atoms with E-state index in [0.29, 0.717) is 37.7 Å². The summed E-state index contributed by atoms with van der Waals surface area (Å²) in [4.78, 5) is 10.6. The van der Waals surface area contributed by atoms with Gasteiger partial charge in [0.25, 0.3) is 5.69 Å². The smallest absolute Gasteiger partial charge is 0.277 e. The summed E-state index contributed by atoms with van der Waals surface area (Å²) in [5.74, 6) is 5.70. The van der Waals surface area contributed by atoms with Crippen molar-refractivity contribution in [1.29, 1.82) is 0 Å². The molecule has 0 aliphatic carbocycles. The van der Waals surface area contributed by atoms with Crippen LogP contribution in [0.15, 0.2) is 18.2 Å². The minimum atomic E-state index is -0.704. The van der Waals surface area contributed by atoms with Crippen molar-refractivity contribution in [1.82, 2.24) is 5.43 Å². The summed E-state index contributed by atoms with van der Waals surface area (Å²) in [6.45, 7) is 1.95. The van der Waals surface area contributed by atoms with Gasteiger partial charge in [0.05, 0.1) is 30.3 Å². The number of rotatable bonds is 7. The molecule has 1 heterocycles. The molecule has 0 saturated carbocycles. The normalized spacial score (nSPS) is 15.4. The first kappa shape index (κ1) is 14.7. The molecule has 2 rings (SSSR count). The summed E-state index contributed by atoms with van der Waals surface area (Å²) in [5, 5.41) is 11.0. The number of nitro benzene ring substituents is 1. The van der Waals surface area contributed by atoms with Gasteiger partial charge in [0, 0.05) is 12.6 Å². The van der Waals surface area contributed by atoms with E-state index in [1.807, 2.05) is 0 Å². The van der Waals surface area contributed by atoms with Crippen LogP contribution in [0.4, 0.5) is 5.69 Å². The van der Waals surface area contributed by atoms with E-state index in [0.717, 1.165) is 6.42 Å². The van der Waals surface area contributed by atoms with Gasteiger partial charge in [0.2, 0.25) is 0 Å². The highest BCUT2D eigenvalue weighted by molar-refractivity contribution is 5.46. The summed E-state index contributed by atoms with van der Waals surface area (Å²) in [6, 6.07) is 4.55. The molecule has 0 spiro atoms. The molecule has 110 valence electrons. The van der Waals surface area contributed by atoms with Crippen molar-refractivity contribution >= 4 is 5.69 Å². The Labute approximate surface area is 115 Å². The van der Waals surface area contributed by atoms with E-state index in [4.69, 9.17) is 20.1 Å². The molecule has 1 aliphatic heterocycles. The molecule has 8 nitrogen and oxygen atoms in total. The second-order valence-electron chi connectivity index (χ2n) is 4.21. The molecule has 0 amide bonds. The maximum atomic E-state index is 11.0. The molecular weight excluding hydrogens is 266 g/mol. The predicted molar refractivity (Wildman–Crippen MR) is 70.0 cm³/mol. The van der Waals surface area contributed by atoms with Crippen LogP contribution in [0, 0.1) is 10.1 Å². The Kier molecular flexibility index (Phi) is 5.24. The largest absolute Gasteiger partial charge is 0.494 e. The van der Waals surface area contributed by atoms with Crippen LogP contribution in [0.3, 0.4) is 0 Å². The summed E-state index contributed by atoms with van der Waals surface area (Å²) >= 11 is 0. The Bertz CT molecular complexity index is 462. The molecule has 0 unspecified atom stereocenters. The third-order valence-electron chi connectivity index (χ3n) is 2.81.